The minimum Gasteiger partial charge on any atom is -0.380 e. The number of halogens is 1. The molecular formula is C21H31FN6O3. The van der Waals surface area contributed by atoms with Crippen LogP contribution in [-0.2, 0) is 11.2 Å². The van der Waals surface area contributed by atoms with E-state index in [2.05, 4.69) is 40.2 Å². The molecule has 1 aliphatic rings. The van der Waals surface area contributed by atoms with Gasteiger partial charge in [0.15, 0.2) is 11.5 Å². The van der Waals surface area contributed by atoms with E-state index in [1.54, 1.807) is 6.07 Å². The summed E-state index contributed by atoms with van der Waals surface area (Å²) in [5.41, 5.74) is 4.11. The minimum absolute atomic E-state index is 0.109. The van der Waals surface area contributed by atoms with Crippen LogP contribution in [0.3, 0.4) is 0 Å². The zero-order chi connectivity index (χ0) is 23.6. The molecule has 0 amide bonds. The largest absolute Gasteiger partial charge is 0.380 e. The van der Waals surface area contributed by atoms with Crippen molar-refractivity contribution >= 4 is 18.4 Å². The first kappa shape index (κ1) is 27.7. The third kappa shape index (κ3) is 8.16. The van der Waals surface area contributed by atoms with Crippen LogP contribution in [0, 0.1) is 24.1 Å². The lowest BCUT2D eigenvalue weighted by atomic mass is 9.83. The van der Waals surface area contributed by atoms with Crippen molar-refractivity contribution in [2.24, 2.45) is 4.99 Å². The lowest BCUT2D eigenvalue weighted by Crippen LogP contribution is -2.26. The van der Waals surface area contributed by atoms with Crippen molar-refractivity contribution in [1.82, 2.24) is 15.8 Å². The molecule has 1 aromatic heterocycles. The monoisotopic (exact) mass is 434 g/mol. The SMILES string of the molecule is C#C.C=N.CC.CCCOCCNc1nonc1C(=N[C@H]1Cc2ccc(F)cc21)NO. The van der Waals surface area contributed by atoms with Gasteiger partial charge >= 0.3 is 0 Å². The Labute approximate surface area is 182 Å². The van der Waals surface area contributed by atoms with E-state index in [1.165, 1.54) is 12.1 Å². The molecule has 0 unspecified atom stereocenters. The van der Waals surface area contributed by atoms with Gasteiger partial charge < -0.3 is 15.5 Å². The number of benzene rings is 1. The van der Waals surface area contributed by atoms with E-state index >= 15 is 0 Å². The highest BCUT2D eigenvalue weighted by Crippen LogP contribution is 2.36. The molecule has 0 fully saturated rings. The Balaban J connectivity index is 0.00000138. The van der Waals surface area contributed by atoms with Crippen LogP contribution in [0.4, 0.5) is 10.2 Å². The number of aliphatic imine (C=N–C) groups is 1. The lowest BCUT2D eigenvalue weighted by molar-refractivity contribution is 0.144. The second-order valence-electron chi connectivity index (χ2n) is 5.65. The molecule has 0 spiro atoms. The number of amidine groups is 1. The zero-order valence-electron chi connectivity index (χ0n) is 18.2. The van der Waals surface area contributed by atoms with Crippen LogP contribution in [0.15, 0.2) is 27.8 Å². The van der Waals surface area contributed by atoms with E-state index in [1.807, 2.05) is 26.3 Å². The Morgan fingerprint density at radius 2 is 2.06 bits per heavy atom. The fraction of sp³-hybridized carbons (Fsp3) is 0.429. The van der Waals surface area contributed by atoms with Crippen molar-refractivity contribution in [2.45, 2.75) is 39.7 Å². The summed E-state index contributed by atoms with van der Waals surface area (Å²) in [6.07, 6.45) is 9.62. The first-order valence-electron chi connectivity index (χ1n) is 9.82. The highest BCUT2D eigenvalue weighted by atomic mass is 19.1. The molecule has 2 aromatic rings. The Bertz CT molecular complexity index is 809. The van der Waals surface area contributed by atoms with Gasteiger partial charge in [-0.25, -0.2) is 9.02 Å². The number of terminal acetylenes is 1. The van der Waals surface area contributed by atoms with Gasteiger partial charge in [0, 0.05) is 13.2 Å². The molecular weight excluding hydrogens is 403 g/mol. The number of hydroxylamine groups is 1. The van der Waals surface area contributed by atoms with Gasteiger partial charge in [0.1, 0.15) is 5.82 Å². The number of hydrogen-bond acceptors (Lipinski definition) is 8. The van der Waals surface area contributed by atoms with Gasteiger partial charge in [-0.1, -0.05) is 26.8 Å². The quantitative estimate of drug-likeness (QED) is 0.164. The number of fused-ring (bicyclic) bond motifs is 1. The average Bonchev–Trinajstić information content (AvgIpc) is 3.28. The van der Waals surface area contributed by atoms with Crippen LogP contribution in [-0.4, -0.2) is 47.8 Å². The summed E-state index contributed by atoms with van der Waals surface area (Å²) in [5, 5.41) is 25.5. The van der Waals surface area contributed by atoms with Crippen molar-refractivity contribution in [2.75, 3.05) is 25.1 Å². The first-order valence-corrected chi connectivity index (χ1v) is 9.82. The van der Waals surface area contributed by atoms with Crippen LogP contribution in [0.2, 0.25) is 0 Å². The van der Waals surface area contributed by atoms with Gasteiger partial charge in [-0.15, -0.1) is 12.8 Å². The van der Waals surface area contributed by atoms with E-state index < -0.39 is 0 Å². The Kier molecular flexibility index (Phi) is 14.7. The third-order valence-electron chi connectivity index (χ3n) is 3.87. The maximum atomic E-state index is 13.4. The van der Waals surface area contributed by atoms with Gasteiger partial charge in [0.25, 0.3) is 0 Å². The molecule has 0 bridgehead atoms. The van der Waals surface area contributed by atoms with Gasteiger partial charge in [0.05, 0.1) is 12.6 Å². The molecule has 0 saturated carbocycles. The molecule has 10 heteroatoms. The number of nitrogens with one attached hydrogen (secondary N) is 3. The van der Waals surface area contributed by atoms with Gasteiger partial charge in [-0.3, -0.25) is 15.7 Å². The Morgan fingerprint density at radius 1 is 1.35 bits per heavy atom. The topological polar surface area (TPSA) is 129 Å². The van der Waals surface area contributed by atoms with Gasteiger partial charge in [-0.05, 0) is 53.1 Å². The van der Waals surface area contributed by atoms with E-state index in [4.69, 9.17) is 14.8 Å². The van der Waals surface area contributed by atoms with Crippen LogP contribution in [0.1, 0.15) is 50.1 Å². The summed E-state index contributed by atoms with van der Waals surface area (Å²) in [6.45, 7) is 10.2. The summed E-state index contributed by atoms with van der Waals surface area (Å²) in [4.78, 5) is 4.40. The molecule has 4 N–H and O–H groups in total. The number of ether oxygens (including phenoxy) is 1. The highest BCUT2D eigenvalue weighted by Gasteiger charge is 2.28. The Morgan fingerprint density at radius 3 is 2.71 bits per heavy atom. The van der Waals surface area contributed by atoms with E-state index in [0.717, 1.165) is 17.5 Å². The summed E-state index contributed by atoms with van der Waals surface area (Å²) in [5.74, 6) is 0.145. The molecule has 9 nitrogen and oxygen atoms in total. The summed E-state index contributed by atoms with van der Waals surface area (Å²) in [7, 11) is 0. The van der Waals surface area contributed by atoms with Crippen molar-refractivity contribution in [3.8, 4) is 12.8 Å². The molecule has 1 atom stereocenters. The fourth-order valence-electron chi connectivity index (χ4n) is 2.61. The lowest BCUT2D eigenvalue weighted by Gasteiger charge is -2.27. The number of anilines is 1. The standard InChI is InChI=1S/C16H20FN5O3.C2H6.C2H2.CH3N/c1-2-6-24-7-5-18-15-14(21-25-22-15)16(20-23)19-13-8-10-3-4-11(17)9-12(10)13;3*1-2/h3-4,9,13,23H,2,5-8H2,1H3,(H,18,22)(H,19,20);1-2H3;1-2H;2H,1H2/t13-;;;/m0.../s1. The Hall–Kier alpha value is -3.29. The molecule has 1 heterocycles. The number of hydrogen-bond donors (Lipinski definition) is 4. The van der Waals surface area contributed by atoms with E-state index in [9.17, 15) is 9.60 Å². The summed E-state index contributed by atoms with van der Waals surface area (Å²) >= 11 is 0. The molecule has 0 saturated heterocycles. The first-order chi connectivity index (χ1) is 15.2. The van der Waals surface area contributed by atoms with Crippen molar-refractivity contribution in [3.05, 3.63) is 40.8 Å². The van der Waals surface area contributed by atoms with Crippen molar-refractivity contribution in [1.29, 1.82) is 5.41 Å². The summed E-state index contributed by atoms with van der Waals surface area (Å²) < 4.78 is 23.5. The normalized spacial score (nSPS) is 13.5. The maximum Gasteiger partial charge on any atom is 0.202 e. The molecule has 1 aliphatic carbocycles. The zero-order valence-corrected chi connectivity index (χ0v) is 18.2. The fourth-order valence-corrected chi connectivity index (χ4v) is 2.61. The smallest absolute Gasteiger partial charge is 0.202 e. The van der Waals surface area contributed by atoms with E-state index in [-0.39, 0.29) is 23.4 Å². The van der Waals surface area contributed by atoms with Gasteiger partial charge in [-0.2, -0.15) is 0 Å². The summed E-state index contributed by atoms with van der Waals surface area (Å²) in [6, 6.07) is 4.36. The van der Waals surface area contributed by atoms with Crippen LogP contribution >= 0.6 is 0 Å². The third-order valence-corrected chi connectivity index (χ3v) is 3.87. The highest BCUT2D eigenvalue weighted by molar-refractivity contribution is 6.00. The van der Waals surface area contributed by atoms with E-state index in [0.29, 0.717) is 32.0 Å². The van der Waals surface area contributed by atoms with Crippen LogP contribution < -0.4 is 10.8 Å². The second-order valence-corrected chi connectivity index (χ2v) is 5.65. The molecule has 0 radical (unpaired) electrons. The average molecular weight is 435 g/mol. The molecule has 0 aliphatic heterocycles. The molecule has 31 heavy (non-hydrogen) atoms. The van der Waals surface area contributed by atoms with Crippen molar-refractivity contribution < 1.29 is 19.0 Å². The molecule has 3 rings (SSSR count). The van der Waals surface area contributed by atoms with Crippen LogP contribution in [0.5, 0.6) is 0 Å². The molecule has 1 aromatic carbocycles. The van der Waals surface area contributed by atoms with Crippen molar-refractivity contribution in [3.63, 3.8) is 0 Å². The predicted molar refractivity (Wildman–Crippen MR) is 119 cm³/mol. The number of nitrogens with zero attached hydrogens (tertiary/aromatic N) is 3. The maximum absolute atomic E-state index is 13.4. The second kappa shape index (κ2) is 16.5. The number of aromatic nitrogens is 2. The molecule has 170 valence electrons. The minimum atomic E-state index is -0.310. The van der Waals surface area contributed by atoms with Crippen LogP contribution in [0.25, 0.3) is 0 Å². The predicted octanol–water partition coefficient (Wildman–Crippen LogP) is 3.61. The number of rotatable bonds is 8. The van der Waals surface area contributed by atoms with Gasteiger partial charge in [0.2, 0.25) is 5.82 Å².